The number of ether oxygens (including phenoxy) is 2. The van der Waals surface area contributed by atoms with Crippen LogP contribution in [0.4, 0.5) is 0 Å². The third-order valence-corrected chi connectivity index (χ3v) is 3.99. The molecule has 0 aliphatic carbocycles. The Hall–Kier alpha value is -2.88. The van der Waals surface area contributed by atoms with Gasteiger partial charge in [0.25, 0.3) is 0 Å². The molecule has 25 heavy (non-hydrogen) atoms. The molecule has 0 heterocycles. The second kappa shape index (κ2) is 9.42. The molecule has 2 aromatic rings. The van der Waals surface area contributed by atoms with Gasteiger partial charge in [-0.2, -0.15) is 0 Å². The number of carbonyl (C=O) groups excluding carboxylic acids is 2. The number of esters is 2. The van der Waals surface area contributed by atoms with Crippen LogP contribution in [0.2, 0.25) is 0 Å². The summed E-state index contributed by atoms with van der Waals surface area (Å²) < 4.78 is 9.66. The SMILES string of the molecule is COC(=O)C(C(=O)OC)C(/C=C/c1ccccc1)Cc1ccccc1. The molecule has 0 spiro atoms. The number of allylic oxidation sites excluding steroid dienone is 1. The fourth-order valence-corrected chi connectivity index (χ4v) is 2.68. The summed E-state index contributed by atoms with van der Waals surface area (Å²) in [6.45, 7) is 0. The molecule has 0 aliphatic rings. The summed E-state index contributed by atoms with van der Waals surface area (Å²) in [5.41, 5.74) is 2.03. The van der Waals surface area contributed by atoms with E-state index in [0.717, 1.165) is 11.1 Å². The highest BCUT2D eigenvalue weighted by molar-refractivity contribution is 5.95. The van der Waals surface area contributed by atoms with Crippen LogP contribution in [0.25, 0.3) is 6.08 Å². The molecule has 0 N–H and O–H groups in total. The molecule has 1 unspecified atom stereocenters. The first kappa shape index (κ1) is 18.5. The van der Waals surface area contributed by atoms with Gasteiger partial charge in [-0.25, -0.2) is 0 Å². The van der Waals surface area contributed by atoms with Gasteiger partial charge < -0.3 is 9.47 Å². The molecule has 2 aromatic carbocycles. The van der Waals surface area contributed by atoms with Gasteiger partial charge in [0.15, 0.2) is 5.92 Å². The summed E-state index contributed by atoms with van der Waals surface area (Å²) in [5.74, 6) is -2.56. The van der Waals surface area contributed by atoms with E-state index in [9.17, 15) is 9.59 Å². The van der Waals surface area contributed by atoms with Crippen molar-refractivity contribution in [1.82, 2.24) is 0 Å². The Kier molecular flexibility index (Phi) is 6.96. The van der Waals surface area contributed by atoms with Gasteiger partial charge in [0.2, 0.25) is 0 Å². The monoisotopic (exact) mass is 338 g/mol. The van der Waals surface area contributed by atoms with E-state index in [1.54, 1.807) is 0 Å². The van der Waals surface area contributed by atoms with Crippen molar-refractivity contribution < 1.29 is 19.1 Å². The lowest BCUT2D eigenvalue weighted by molar-refractivity contribution is -0.160. The molecule has 0 bridgehead atoms. The van der Waals surface area contributed by atoms with Crippen molar-refractivity contribution >= 4 is 18.0 Å². The van der Waals surface area contributed by atoms with Crippen LogP contribution in [0.3, 0.4) is 0 Å². The van der Waals surface area contributed by atoms with E-state index in [-0.39, 0.29) is 5.92 Å². The first-order valence-electron chi connectivity index (χ1n) is 8.08. The van der Waals surface area contributed by atoms with Gasteiger partial charge in [0.1, 0.15) is 0 Å². The predicted octanol–water partition coefficient (Wildman–Crippen LogP) is 3.52. The van der Waals surface area contributed by atoms with Crippen molar-refractivity contribution in [1.29, 1.82) is 0 Å². The highest BCUT2D eigenvalue weighted by Crippen LogP contribution is 2.23. The summed E-state index contributed by atoms with van der Waals surface area (Å²) >= 11 is 0. The smallest absolute Gasteiger partial charge is 0.320 e. The highest BCUT2D eigenvalue weighted by atomic mass is 16.5. The molecule has 0 saturated heterocycles. The second-order valence-electron chi connectivity index (χ2n) is 5.65. The van der Waals surface area contributed by atoms with Gasteiger partial charge >= 0.3 is 11.9 Å². The van der Waals surface area contributed by atoms with Crippen LogP contribution >= 0.6 is 0 Å². The average Bonchev–Trinajstić information content (AvgIpc) is 2.67. The third kappa shape index (κ3) is 5.31. The lowest BCUT2D eigenvalue weighted by Gasteiger charge is -2.21. The van der Waals surface area contributed by atoms with Gasteiger partial charge in [-0.3, -0.25) is 9.59 Å². The minimum atomic E-state index is -1.00. The summed E-state index contributed by atoms with van der Waals surface area (Å²) in [6, 6.07) is 19.4. The topological polar surface area (TPSA) is 52.6 Å². The van der Waals surface area contributed by atoms with Crippen molar-refractivity contribution in [2.24, 2.45) is 11.8 Å². The van der Waals surface area contributed by atoms with E-state index in [1.807, 2.05) is 72.8 Å². The number of benzene rings is 2. The standard InChI is InChI=1S/C21H22O4/c1-24-20(22)19(21(23)25-2)18(15-17-11-7-4-8-12-17)14-13-16-9-5-3-6-10-16/h3-14,18-19H,15H2,1-2H3/b14-13+. The normalized spacial score (nSPS) is 12.1. The van der Waals surface area contributed by atoms with Crippen LogP contribution in [0, 0.1) is 11.8 Å². The van der Waals surface area contributed by atoms with Crippen LogP contribution in [0.15, 0.2) is 66.7 Å². The highest BCUT2D eigenvalue weighted by Gasteiger charge is 2.35. The lowest BCUT2D eigenvalue weighted by atomic mass is 9.86. The minimum absolute atomic E-state index is 0.373. The molecular weight excluding hydrogens is 316 g/mol. The van der Waals surface area contributed by atoms with Crippen LogP contribution < -0.4 is 0 Å². The van der Waals surface area contributed by atoms with E-state index >= 15 is 0 Å². The second-order valence-corrected chi connectivity index (χ2v) is 5.65. The first-order valence-corrected chi connectivity index (χ1v) is 8.08. The van der Waals surface area contributed by atoms with Crippen molar-refractivity contribution in [3.63, 3.8) is 0 Å². The summed E-state index contributed by atoms with van der Waals surface area (Å²) in [4.78, 5) is 24.4. The minimum Gasteiger partial charge on any atom is -0.468 e. The summed E-state index contributed by atoms with van der Waals surface area (Å²) in [5, 5.41) is 0. The Morgan fingerprint density at radius 1 is 0.880 bits per heavy atom. The summed E-state index contributed by atoms with van der Waals surface area (Å²) in [7, 11) is 2.55. The number of hydrogen-bond acceptors (Lipinski definition) is 4. The zero-order valence-electron chi connectivity index (χ0n) is 14.4. The van der Waals surface area contributed by atoms with Gasteiger partial charge in [-0.1, -0.05) is 72.8 Å². The number of methoxy groups -OCH3 is 2. The maximum atomic E-state index is 12.2. The van der Waals surface area contributed by atoms with E-state index in [4.69, 9.17) is 9.47 Å². The molecule has 4 nitrogen and oxygen atoms in total. The van der Waals surface area contributed by atoms with E-state index in [0.29, 0.717) is 6.42 Å². The van der Waals surface area contributed by atoms with Crippen molar-refractivity contribution in [3.8, 4) is 0 Å². The Labute approximate surface area is 148 Å². The molecule has 1 atom stereocenters. The maximum Gasteiger partial charge on any atom is 0.320 e. The number of hydrogen-bond donors (Lipinski definition) is 0. The largest absolute Gasteiger partial charge is 0.468 e. The molecule has 0 fully saturated rings. The van der Waals surface area contributed by atoms with Crippen LogP contribution in [-0.2, 0) is 25.5 Å². The zero-order valence-corrected chi connectivity index (χ0v) is 14.4. The maximum absolute atomic E-state index is 12.2. The molecule has 130 valence electrons. The van der Waals surface area contributed by atoms with Crippen molar-refractivity contribution in [3.05, 3.63) is 77.9 Å². The Morgan fingerprint density at radius 2 is 1.40 bits per heavy atom. The molecular formula is C21H22O4. The molecule has 0 aromatic heterocycles. The van der Waals surface area contributed by atoms with Crippen LogP contribution in [0.5, 0.6) is 0 Å². The fourth-order valence-electron chi connectivity index (χ4n) is 2.68. The quantitative estimate of drug-likeness (QED) is 0.572. The van der Waals surface area contributed by atoms with Gasteiger partial charge in [-0.05, 0) is 17.5 Å². The molecule has 0 aliphatic heterocycles. The van der Waals surface area contributed by atoms with Gasteiger partial charge in [-0.15, -0.1) is 0 Å². The summed E-state index contributed by atoms with van der Waals surface area (Å²) in [6.07, 6.45) is 4.31. The van der Waals surface area contributed by atoms with E-state index in [1.165, 1.54) is 14.2 Å². The van der Waals surface area contributed by atoms with Crippen molar-refractivity contribution in [2.75, 3.05) is 14.2 Å². The Bertz CT molecular complexity index is 691. The fraction of sp³-hybridized carbons (Fsp3) is 0.238. The predicted molar refractivity (Wildman–Crippen MR) is 96.6 cm³/mol. The van der Waals surface area contributed by atoms with E-state index in [2.05, 4.69) is 0 Å². The number of rotatable bonds is 7. The van der Waals surface area contributed by atoms with Crippen LogP contribution in [-0.4, -0.2) is 26.2 Å². The average molecular weight is 338 g/mol. The molecule has 0 saturated carbocycles. The Balaban J connectivity index is 2.33. The van der Waals surface area contributed by atoms with Gasteiger partial charge in [0, 0.05) is 5.92 Å². The third-order valence-electron chi connectivity index (χ3n) is 3.99. The van der Waals surface area contributed by atoms with E-state index < -0.39 is 17.9 Å². The van der Waals surface area contributed by atoms with Gasteiger partial charge in [0.05, 0.1) is 14.2 Å². The first-order chi connectivity index (χ1) is 12.2. The molecule has 2 rings (SSSR count). The Morgan fingerprint density at radius 3 is 1.92 bits per heavy atom. The zero-order chi connectivity index (χ0) is 18.1. The molecule has 0 radical (unpaired) electrons. The lowest BCUT2D eigenvalue weighted by Crippen LogP contribution is -2.33. The number of carbonyl (C=O) groups is 2. The van der Waals surface area contributed by atoms with Crippen LogP contribution in [0.1, 0.15) is 11.1 Å². The van der Waals surface area contributed by atoms with Crippen molar-refractivity contribution in [2.45, 2.75) is 6.42 Å². The molecule has 0 amide bonds. The molecule has 4 heteroatoms.